The van der Waals surface area contributed by atoms with E-state index in [2.05, 4.69) is 14.9 Å². The first-order valence-corrected chi connectivity index (χ1v) is 10.9. The van der Waals surface area contributed by atoms with E-state index in [1.54, 1.807) is 17.3 Å². The summed E-state index contributed by atoms with van der Waals surface area (Å²) < 4.78 is 0. The molecule has 0 spiro atoms. The molecule has 5 rings (SSSR count). The smallest absolute Gasteiger partial charge is 0.226 e. The summed E-state index contributed by atoms with van der Waals surface area (Å²) in [5.74, 6) is -0.0599. The third kappa shape index (κ3) is 3.70. The Morgan fingerprint density at radius 1 is 1.00 bits per heavy atom. The SMILES string of the molecule is N[C@@H]1CCN(C(=O)C2CCN(c3ccncc3)CC2)C1C(=O)c1ccc2cc[nH]c2c1. The number of H-pyrrole nitrogens is 1. The molecule has 7 heteroatoms. The molecule has 2 saturated heterocycles. The zero-order chi connectivity index (χ0) is 21.4. The lowest BCUT2D eigenvalue weighted by Gasteiger charge is -2.36. The highest BCUT2D eigenvalue weighted by Gasteiger charge is 2.42. The minimum absolute atomic E-state index is 0.0652. The number of carbonyl (C=O) groups is 2. The minimum Gasteiger partial charge on any atom is -0.371 e. The number of nitrogens with one attached hydrogen (secondary N) is 1. The molecule has 1 amide bonds. The van der Waals surface area contributed by atoms with Crippen LogP contribution in [0.25, 0.3) is 10.9 Å². The molecular weight excluding hydrogens is 390 g/mol. The molecule has 160 valence electrons. The second-order valence-electron chi connectivity index (χ2n) is 8.54. The topological polar surface area (TPSA) is 95.3 Å². The van der Waals surface area contributed by atoms with Gasteiger partial charge in [-0.3, -0.25) is 14.6 Å². The minimum atomic E-state index is -0.585. The number of benzene rings is 1. The average Bonchev–Trinajstić information content (AvgIpc) is 3.44. The van der Waals surface area contributed by atoms with E-state index in [1.807, 2.05) is 42.6 Å². The molecule has 3 N–H and O–H groups in total. The Balaban J connectivity index is 1.29. The van der Waals surface area contributed by atoms with Crippen molar-refractivity contribution in [3.05, 3.63) is 60.6 Å². The highest BCUT2D eigenvalue weighted by molar-refractivity contribution is 6.05. The van der Waals surface area contributed by atoms with Crippen LogP contribution in [0.5, 0.6) is 0 Å². The van der Waals surface area contributed by atoms with E-state index in [0.717, 1.165) is 42.5 Å². The number of ketones is 1. The highest BCUT2D eigenvalue weighted by atomic mass is 16.2. The van der Waals surface area contributed by atoms with E-state index in [-0.39, 0.29) is 23.7 Å². The fourth-order valence-electron chi connectivity index (χ4n) is 4.95. The van der Waals surface area contributed by atoms with Crippen molar-refractivity contribution < 1.29 is 9.59 Å². The quantitative estimate of drug-likeness (QED) is 0.636. The van der Waals surface area contributed by atoms with E-state index in [0.29, 0.717) is 18.5 Å². The number of Topliss-reactive ketones (excluding diaryl/α,β-unsaturated/α-hetero) is 1. The number of amides is 1. The van der Waals surface area contributed by atoms with E-state index < -0.39 is 6.04 Å². The molecule has 2 aromatic heterocycles. The summed E-state index contributed by atoms with van der Waals surface area (Å²) in [7, 11) is 0. The van der Waals surface area contributed by atoms with Gasteiger partial charge in [0, 0.05) is 67.0 Å². The Morgan fingerprint density at radius 2 is 1.77 bits per heavy atom. The lowest BCUT2D eigenvalue weighted by atomic mass is 9.93. The van der Waals surface area contributed by atoms with Crippen LogP contribution >= 0.6 is 0 Å². The van der Waals surface area contributed by atoms with Crippen LogP contribution in [0.4, 0.5) is 5.69 Å². The van der Waals surface area contributed by atoms with Crippen molar-refractivity contribution in [2.45, 2.75) is 31.3 Å². The Labute approximate surface area is 181 Å². The number of aromatic nitrogens is 2. The van der Waals surface area contributed by atoms with Crippen molar-refractivity contribution in [3.8, 4) is 0 Å². The second-order valence-corrected chi connectivity index (χ2v) is 8.54. The summed E-state index contributed by atoms with van der Waals surface area (Å²) in [5.41, 5.74) is 8.98. The molecule has 31 heavy (non-hydrogen) atoms. The monoisotopic (exact) mass is 417 g/mol. The van der Waals surface area contributed by atoms with Gasteiger partial charge in [0.2, 0.25) is 5.91 Å². The lowest BCUT2D eigenvalue weighted by molar-refractivity contribution is -0.136. The third-order valence-corrected chi connectivity index (χ3v) is 6.71. The molecule has 2 fully saturated rings. The molecule has 1 unspecified atom stereocenters. The molecule has 4 heterocycles. The number of nitrogens with two attached hydrogens (primary N) is 1. The Morgan fingerprint density at radius 3 is 2.55 bits per heavy atom. The van der Waals surface area contributed by atoms with Crippen molar-refractivity contribution in [1.29, 1.82) is 0 Å². The first kappa shape index (κ1) is 19.8. The summed E-state index contributed by atoms with van der Waals surface area (Å²) in [5, 5.41) is 1.06. The molecule has 7 nitrogen and oxygen atoms in total. The molecule has 2 atom stereocenters. The fourth-order valence-corrected chi connectivity index (χ4v) is 4.95. The highest BCUT2D eigenvalue weighted by Crippen LogP contribution is 2.29. The first-order valence-electron chi connectivity index (χ1n) is 10.9. The van der Waals surface area contributed by atoms with Gasteiger partial charge >= 0.3 is 0 Å². The zero-order valence-corrected chi connectivity index (χ0v) is 17.4. The van der Waals surface area contributed by atoms with Crippen LogP contribution in [0.2, 0.25) is 0 Å². The summed E-state index contributed by atoms with van der Waals surface area (Å²) in [4.78, 5) is 38.0. The summed E-state index contributed by atoms with van der Waals surface area (Å²) in [6, 6.07) is 10.7. The predicted molar refractivity (Wildman–Crippen MR) is 120 cm³/mol. The van der Waals surface area contributed by atoms with Crippen LogP contribution in [-0.2, 0) is 4.79 Å². The molecule has 0 saturated carbocycles. The van der Waals surface area contributed by atoms with Crippen molar-refractivity contribution >= 4 is 28.3 Å². The van der Waals surface area contributed by atoms with Gasteiger partial charge in [-0.1, -0.05) is 12.1 Å². The molecule has 0 radical (unpaired) electrons. The summed E-state index contributed by atoms with van der Waals surface area (Å²) in [6.07, 6.45) is 7.65. The van der Waals surface area contributed by atoms with Gasteiger partial charge in [-0.15, -0.1) is 0 Å². The van der Waals surface area contributed by atoms with Gasteiger partial charge in [-0.2, -0.15) is 0 Å². The van der Waals surface area contributed by atoms with Crippen LogP contribution < -0.4 is 10.6 Å². The molecule has 3 aromatic rings. The molecule has 0 aliphatic carbocycles. The van der Waals surface area contributed by atoms with Gasteiger partial charge in [0.15, 0.2) is 5.78 Å². The van der Waals surface area contributed by atoms with Crippen LogP contribution in [-0.4, -0.2) is 58.3 Å². The van der Waals surface area contributed by atoms with Gasteiger partial charge in [0.1, 0.15) is 6.04 Å². The summed E-state index contributed by atoms with van der Waals surface area (Å²) >= 11 is 0. The first-order chi connectivity index (χ1) is 15.1. The Hall–Kier alpha value is -3.19. The van der Waals surface area contributed by atoms with E-state index >= 15 is 0 Å². The number of anilines is 1. The number of hydrogen-bond acceptors (Lipinski definition) is 5. The fraction of sp³-hybridized carbons (Fsp3) is 0.375. The molecule has 2 aliphatic rings. The molecule has 1 aromatic carbocycles. The largest absolute Gasteiger partial charge is 0.371 e. The number of nitrogens with zero attached hydrogens (tertiary/aromatic N) is 3. The van der Waals surface area contributed by atoms with Crippen LogP contribution in [0.3, 0.4) is 0 Å². The number of rotatable bonds is 4. The average molecular weight is 418 g/mol. The zero-order valence-electron chi connectivity index (χ0n) is 17.4. The number of hydrogen-bond donors (Lipinski definition) is 2. The second kappa shape index (κ2) is 8.15. The normalized spacial score (nSPS) is 22.2. The number of likely N-dealkylation sites (tertiary alicyclic amines) is 1. The van der Waals surface area contributed by atoms with Crippen LogP contribution in [0, 0.1) is 5.92 Å². The van der Waals surface area contributed by atoms with E-state index in [1.165, 1.54) is 0 Å². The maximum atomic E-state index is 13.4. The van der Waals surface area contributed by atoms with Gasteiger partial charge in [0.05, 0.1) is 0 Å². The van der Waals surface area contributed by atoms with Gasteiger partial charge in [-0.05, 0) is 48.9 Å². The van der Waals surface area contributed by atoms with Crippen molar-refractivity contribution in [2.24, 2.45) is 11.7 Å². The van der Waals surface area contributed by atoms with Crippen LogP contribution in [0.1, 0.15) is 29.6 Å². The lowest BCUT2D eigenvalue weighted by Crippen LogP contribution is -2.51. The standard InChI is InChI=1S/C24H27N5O2/c25-20-8-14-29(22(20)23(30)18-2-1-16-3-11-27-21(16)15-18)24(31)17-6-12-28(13-7-17)19-4-9-26-10-5-19/h1-5,9-11,15,17,20,22,27H,6-8,12-14,25H2/t20-,22?/m1/s1. The molecular formula is C24H27N5O2. The Bertz CT molecular complexity index is 1090. The number of aromatic amines is 1. The molecule has 0 bridgehead atoms. The van der Waals surface area contributed by atoms with E-state index in [4.69, 9.17) is 5.73 Å². The van der Waals surface area contributed by atoms with Gasteiger partial charge in [-0.25, -0.2) is 0 Å². The maximum absolute atomic E-state index is 13.4. The molecule has 2 aliphatic heterocycles. The number of fused-ring (bicyclic) bond motifs is 1. The number of pyridine rings is 1. The maximum Gasteiger partial charge on any atom is 0.226 e. The van der Waals surface area contributed by atoms with Gasteiger partial charge in [0.25, 0.3) is 0 Å². The Kier molecular flexibility index (Phi) is 5.19. The number of carbonyl (C=O) groups excluding carboxylic acids is 2. The van der Waals surface area contributed by atoms with Crippen LogP contribution in [0.15, 0.2) is 55.0 Å². The number of piperidine rings is 1. The van der Waals surface area contributed by atoms with Crippen molar-refractivity contribution in [2.75, 3.05) is 24.5 Å². The summed E-state index contributed by atoms with van der Waals surface area (Å²) in [6.45, 7) is 2.19. The van der Waals surface area contributed by atoms with Gasteiger partial charge < -0.3 is 20.5 Å². The third-order valence-electron chi connectivity index (χ3n) is 6.71. The van der Waals surface area contributed by atoms with E-state index in [9.17, 15) is 9.59 Å². The van der Waals surface area contributed by atoms with Crippen molar-refractivity contribution in [1.82, 2.24) is 14.9 Å². The predicted octanol–water partition coefficient (Wildman–Crippen LogP) is 2.59. The van der Waals surface area contributed by atoms with Crippen molar-refractivity contribution in [3.63, 3.8) is 0 Å².